The molecule has 0 atom stereocenters. The summed E-state index contributed by atoms with van der Waals surface area (Å²) in [5, 5.41) is 7.09. The molecule has 0 saturated heterocycles. The smallest absolute Gasteiger partial charge is 0.744 e. The molecule has 0 unspecified atom stereocenters. The normalized spacial score (nSPS) is 11.4. The minimum atomic E-state index is -4.65. The summed E-state index contributed by atoms with van der Waals surface area (Å²) < 4.78 is 69.3. The van der Waals surface area contributed by atoms with Gasteiger partial charge in [-0.25, -0.2) is 16.8 Å². The van der Waals surface area contributed by atoms with Crippen molar-refractivity contribution < 1.29 is 94.6 Å². The SMILES string of the molecule is O=C(CCCCCCCCC(=O)Nc1ccc(S(=O)(=O)[O-])c2ccccc12)Nc1ccc(S(=O)(=O)[O-])c2ccccc12.[Na+].[Na+]. The molecule has 222 valence electrons. The van der Waals surface area contributed by atoms with Gasteiger partial charge in [-0.3, -0.25) is 9.59 Å². The van der Waals surface area contributed by atoms with Crippen LogP contribution in [0.2, 0.25) is 0 Å². The molecule has 2 amide bonds. The van der Waals surface area contributed by atoms with E-state index in [1.165, 1.54) is 36.4 Å². The van der Waals surface area contributed by atoms with Crippen molar-refractivity contribution in [1.29, 1.82) is 0 Å². The van der Waals surface area contributed by atoms with Crippen molar-refractivity contribution in [1.82, 2.24) is 0 Å². The van der Waals surface area contributed by atoms with E-state index in [1.54, 1.807) is 36.4 Å². The third kappa shape index (κ3) is 10.3. The molecule has 44 heavy (non-hydrogen) atoms. The van der Waals surface area contributed by atoms with Crippen molar-refractivity contribution >= 4 is 65.0 Å². The first-order chi connectivity index (χ1) is 19.9. The number of rotatable bonds is 13. The molecule has 10 nitrogen and oxygen atoms in total. The fraction of sp³-hybridized carbons (Fsp3) is 0.267. The predicted molar refractivity (Wildman–Crippen MR) is 158 cm³/mol. The van der Waals surface area contributed by atoms with Gasteiger partial charge in [0.15, 0.2) is 0 Å². The second kappa shape index (κ2) is 17.2. The topological polar surface area (TPSA) is 173 Å². The Hall–Kier alpha value is -1.84. The zero-order valence-corrected chi connectivity index (χ0v) is 30.3. The van der Waals surface area contributed by atoms with Crippen molar-refractivity contribution in [3.8, 4) is 0 Å². The van der Waals surface area contributed by atoms with Gasteiger partial charge in [-0.05, 0) is 37.1 Å². The second-order valence-corrected chi connectivity index (χ2v) is 12.6. The van der Waals surface area contributed by atoms with Gasteiger partial charge in [0, 0.05) is 45.8 Å². The van der Waals surface area contributed by atoms with Crippen LogP contribution in [0.25, 0.3) is 21.5 Å². The number of unbranched alkanes of at least 4 members (excludes halogenated alkanes) is 5. The van der Waals surface area contributed by atoms with Gasteiger partial charge in [0.1, 0.15) is 20.2 Å². The third-order valence-corrected chi connectivity index (χ3v) is 8.70. The standard InChI is InChI=1S/C30H32N2O8S2.2Na/c33-29(31-25-17-19-27(41(35,36)37)23-13-9-7-11-21(23)25)15-5-3-1-2-4-6-16-30(34)32-26-18-20-28(42(38,39)40)24-14-10-8-12-22(24)26;;/h7-14,17-20H,1-6,15-16H2,(H,31,33)(H,32,34)(H,35,36,37)(H,38,39,40);;/q;2*+1/p-2. The van der Waals surface area contributed by atoms with Crippen LogP contribution in [0, 0.1) is 0 Å². The molecule has 0 radical (unpaired) electrons. The Balaban J connectivity index is 0.00000337. The quantitative estimate of drug-likeness (QED) is 0.110. The number of hydrogen-bond donors (Lipinski definition) is 2. The van der Waals surface area contributed by atoms with Gasteiger partial charge < -0.3 is 19.7 Å². The Kier molecular flexibility index (Phi) is 15.0. The molecule has 14 heteroatoms. The van der Waals surface area contributed by atoms with Gasteiger partial charge in [0.05, 0.1) is 9.79 Å². The maximum absolute atomic E-state index is 12.5. The predicted octanol–water partition coefficient (Wildman–Crippen LogP) is -0.493. The molecule has 0 aliphatic heterocycles. The van der Waals surface area contributed by atoms with E-state index in [1.807, 2.05) is 0 Å². The van der Waals surface area contributed by atoms with Crippen molar-refractivity contribution in [3.63, 3.8) is 0 Å². The fourth-order valence-corrected chi connectivity index (χ4v) is 6.26. The van der Waals surface area contributed by atoms with Crippen LogP contribution in [-0.4, -0.2) is 37.8 Å². The van der Waals surface area contributed by atoms with Gasteiger partial charge in [0.25, 0.3) is 0 Å². The Morgan fingerprint density at radius 1 is 0.500 bits per heavy atom. The maximum atomic E-state index is 12.5. The zero-order chi connectivity index (χ0) is 30.3. The van der Waals surface area contributed by atoms with Crippen LogP contribution in [0.15, 0.2) is 82.6 Å². The molecule has 0 spiro atoms. The van der Waals surface area contributed by atoms with Crippen LogP contribution in [0.5, 0.6) is 0 Å². The molecule has 0 bridgehead atoms. The maximum Gasteiger partial charge on any atom is 1.00 e. The van der Waals surface area contributed by atoms with Crippen LogP contribution >= 0.6 is 0 Å². The number of nitrogens with one attached hydrogen (secondary N) is 2. The van der Waals surface area contributed by atoms with Gasteiger partial charge in [-0.1, -0.05) is 74.2 Å². The van der Waals surface area contributed by atoms with Crippen molar-refractivity contribution in [2.75, 3.05) is 10.6 Å². The van der Waals surface area contributed by atoms with Crippen LogP contribution < -0.4 is 69.7 Å². The van der Waals surface area contributed by atoms with Crippen molar-refractivity contribution in [2.45, 2.75) is 61.2 Å². The fourth-order valence-electron chi connectivity index (χ4n) is 4.90. The molecule has 4 aromatic rings. The van der Waals surface area contributed by atoms with Gasteiger partial charge in [0.2, 0.25) is 11.8 Å². The van der Waals surface area contributed by atoms with Gasteiger partial charge >= 0.3 is 59.1 Å². The van der Waals surface area contributed by atoms with E-state index in [9.17, 15) is 35.5 Å². The minimum Gasteiger partial charge on any atom is -0.744 e. The first-order valence-corrected chi connectivity index (χ1v) is 16.3. The molecular formula is C30H30N2Na2O8S2. The summed E-state index contributed by atoms with van der Waals surface area (Å²) in [6.45, 7) is 0. The Morgan fingerprint density at radius 2 is 0.818 bits per heavy atom. The molecule has 0 fully saturated rings. The number of carbonyl (C=O) groups excluding carboxylic acids is 2. The summed E-state index contributed by atoms with van der Waals surface area (Å²) in [6, 6.07) is 18.3. The van der Waals surface area contributed by atoms with Gasteiger partial charge in [-0.15, -0.1) is 0 Å². The van der Waals surface area contributed by atoms with Crippen LogP contribution in [0.3, 0.4) is 0 Å². The molecule has 4 aromatic carbocycles. The Bertz CT molecular complexity index is 1710. The van der Waals surface area contributed by atoms with Crippen molar-refractivity contribution in [3.05, 3.63) is 72.8 Å². The summed E-state index contributed by atoms with van der Waals surface area (Å²) in [6.07, 6.45) is 5.35. The average Bonchev–Trinajstić information content (AvgIpc) is 2.93. The number of anilines is 2. The summed E-state index contributed by atoms with van der Waals surface area (Å²) >= 11 is 0. The number of amides is 2. The summed E-state index contributed by atoms with van der Waals surface area (Å²) in [7, 11) is -9.30. The number of fused-ring (bicyclic) bond motifs is 2. The molecule has 0 aliphatic carbocycles. The zero-order valence-electron chi connectivity index (χ0n) is 24.7. The molecule has 0 aliphatic rings. The van der Waals surface area contributed by atoms with Crippen molar-refractivity contribution in [2.24, 2.45) is 0 Å². The number of carbonyl (C=O) groups is 2. The Morgan fingerprint density at radius 3 is 1.16 bits per heavy atom. The second-order valence-electron chi connectivity index (χ2n) is 9.94. The van der Waals surface area contributed by atoms with E-state index in [0.717, 1.165) is 25.7 Å². The van der Waals surface area contributed by atoms with Crippen LogP contribution in [0.4, 0.5) is 11.4 Å². The molecule has 4 rings (SSSR count). The molecule has 0 saturated carbocycles. The molecule has 0 heterocycles. The van der Waals surface area contributed by atoms with E-state index in [4.69, 9.17) is 0 Å². The monoisotopic (exact) mass is 656 g/mol. The molecule has 2 N–H and O–H groups in total. The summed E-state index contributed by atoms with van der Waals surface area (Å²) in [4.78, 5) is 24.3. The summed E-state index contributed by atoms with van der Waals surface area (Å²) in [5.74, 6) is -0.411. The third-order valence-electron chi connectivity index (χ3n) is 6.91. The molecule has 0 aromatic heterocycles. The van der Waals surface area contributed by atoms with E-state index in [0.29, 0.717) is 47.8 Å². The number of hydrogen-bond acceptors (Lipinski definition) is 8. The van der Waals surface area contributed by atoms with E-state index < -0.39 is 20.2 Å². The van der Waals surface area contributed by atoms with Gasteiger partial charge in [-0.2, -0.15) is 0 Å². The van der Waals surface area contributed by atoms with Crippen LogP contribution in [0.1, 0.15) is 51.4 Å². The van der Waals surface area contributed by atoms with E-state index >= 15 is 0 Å². The first kappa shape index (κ1) is 38.3. The summed E-state index contributed by atoms with van der Waals surface area (Å²) in [5.41, 5.74) is 0.890. The average molecular weight is 657 g/mol. The first-order valence-electron chi connectivity index (χ1n) is 13.5. The van der Waals surface area contributed by atoms with E-state index in [-0.39, 0.29) is 91.5 Å². The Labute approximate surface area is 301 Å². The van der Waals surface area contributed by atoms with Crippen LogP contribution in [-0.2, 0) is 29.8 Å². The molecular weight excluding hydrogens is 626 g/mol. The largest absolute Gasteiger partial charge is 1.00 e. The number of benzene rings is 4. The van der Waals surface area contributed by atoms with E-state index in [2.05, 4.69) is 10.6 Å². The minimum absolute atomic E-state index is 0.